The van der Waals surface area contributed by atoms with Gasteiger partial charge in [-0.1, -0.05) is 24.3 Å². The monoisotopic (exact) mass is 338 g/mol. The standard InChI is InChI=1S/C20H18O5/c1-5-24-20(23)19-15-14(16(21)11(3)12(4)17(15)22)18(25-19)13-9-7-6-8-10(13)2/h6-9H,5H2,1-4H3. The third-order valence-corrected chi connectivity index (χ3v) is 4.46. The van der Waals surface area contributed by atoms with Crippen LogP contribution in [0.1, 0.15) is 57.6 Å². The molecule has 0 N–H and O–H groups in total. The second-order valence-corrected chi connectivity index (χ2v) is 5.95. The third kappa shape index (κ3) is 2.52. The van der Waals surface area contributed by atoms with E-state index in [0.29, 0.717) is 16.7 Å². The molecule has 3 rings (SSSR count). The normalized spacial score (nSPS) is 13.9. The van der Waals surface area contributed by atoms with Gasteiger partial charge in [0.2, 0.25) is 5.76 Å². The maximum atomic E-state index is 12.8. The molecule has 0 radical (unpaired) electrons. The number of ketones is 2. The van der Waals surface area contributed by atoms with Crippen molar-refractivity contribution in [3.8, 4) is 11.3 Å². The highest BCUT2D eigenvalue weighted by molar-refractivity contribution is 6.30. The van der Waals surface area contributed by atoms with Gasteiger partial charge in [0.05, 0.1) is 17.7 Å². The van der Waals surface area contributed by atoms with Gasteiger partial charge in [0.25, 0.3) is 0 Å². The van der Waals surface area contributed by atoms with Crippen LogP contribution in [-0.4, -0.2) is 24.1 Å². The highest BCUT2D eigenvalue weighted by atomic mass is 16.5. The van der Waals surface area contributed by atoms with E-state index in [1.165, 1.54) is 0 Å². The predicted molar refractivity (Wildman–Crippen MR) is 91.9 cm³/mol. The average Bonchev–Trinajstić information content (AvgIpc) is 2.99. The van der Waals surface area contributed by atoms with Gasteiger partial charge in [-0.25, -0.2) is 4.79 Å². The predicted octanol–water partition coefficient (Wildman–Crippen LogP) is 4.15. The molecule has 1 aromatic heterocycles. The van der Waals surface area contributed by atoms with Gasteiger partial charge in [0.15, 0.2) is 11.6 Å². The van der Waals surface area contributed by atoms with Crippen molar-refractivity contribution in [2.75, 3.05) is 6.61 Å². The van der Waals surface area contributed by atoms with Crippen LogP contribution in [0, 0.1) is 6.92 Å². The summed E-state index contributed by atoms with van der Waals surface area (Å²) in [5.74, 6) is -1.39. The number of esters is 1. The number of benzene rings is 1. The van der Waals surface area contributed by atoms with Gasteiger partial charge in [-0.2, -0.15) is 0 Å². The molecular formula is C20H18O5. The molecule has 128 valence electrons. The molecule has 0 saturated heterocycles. The number of furan rings is 1. The smallest absolute Gasteiger partial charge is 0.375 e. The minimum Gasteiger partial charge on any atom is -0.460 e. The molecule has 0 amide bonds. The number of rotatable bonds is 3. The Morgan fingerprint density at radius 3 is 2.20 bits per heavy atom. The molecule has 0 unspecified atom stereocenters. The first-order valence-corrected chi connectivity index (χ1v) is 8.05. The van der Waals surface area contributed by atoms with Crippen LogP contribution in [0.25, 0.3) is 11.3 Å². The molecule has 0 bridgehead atoms. The summed E-state index contributed by atoms with van der Waals surface area (Å²) in [6.45, 7) is 6.87. The zero-order valence-electron chi connectivity index (χ0n) is 14.6. The van der Waals surface area contributed by atoms with Crippen molar-refractivity contribution in [1.82, 2.24) is 0 Å². The molecule has 25 heavy (non-hydrogen) atoms. The lowest BCUT2D eigenvalue weighted by Crippen LogP contribution is -2.21. The van der Waals surface area contributed by atoms with Gasteiger partial charge in [0.1, 0.15) is 5.76 Å². The highest BCUT2D eigenvalue weighted by Gasteiger charge is 2.39. The third-order valence-electron chi connectivity index (χ3n) is 4.46. The number of carbonyl (C=O) groups is 3. The fraction of sp³-hybridized carbons (Fsp3) is 0.250. The van der Waals surface area contributed by atoms with Crippen LogP contribution >= 0.6 is 0 Å². The Labute approximate surface area is 145 Å². The maximum absolute atomic E-state index is 12.8. The fourth-order valence-corrected chi connectivity index (χ4v) is 2.94. The van der Waals surface area contributed by atoms with E-state index in [0.717, 1.165) is 5.56 Å². The van der Waals surface area contributed by atoms with Crippen molar-refractivity contribution < 1.29 is 23.5 Å². The Bertz CT molecular complexity index is 943. The zero-order chi connectivity index (χ0) is 18.3. The topological polar surface area (TPSA) is 73.6 Å². The molecule has 0 fully saturated rings. The number of allylic oxidation sites excluding steroid dienone is 2. The highest BCUT2D eigenvalue weighted by Crippen LogP contribution is 2.39. The molecule has 5 nitrogen and oxygen atoms in total. The molecule has 1 aliphatic rings. The lowest BCUT2D eigenvalue weighted by Gasteiger charge is -2.14. The number of aryl methyl sites for hydroxylation is 1. The first-order chi connectivity index (χ1) is 11.9. The van der Waals surface area contributed by atoms with E-state index >= 15 is 0 Å². The van der Waals surface area contributed by atoms with Crippen LogP contribution in [0.2, 0.25) is 0 Å². The van der Waals surface area contributed by atoms with Gasteiger partial charge in [0, 0.05) is 16.7 Å². The minimum absolute atomic E-state index is 0.00445. The lowest BCUT2D eigenvalue weighted by molar-refractivity contribution is 0.0487. The second-order valence-electron chi connectivity index (χ2n) is 5.95. The van der Waals surface area contributed by atoms with Crippen molar-refractivity contribution >= 4 is 17.5 Å². The number of Topliss-reactive ketones (excluding diaryl/α,β-unsaturated/α-hetero) is 2. The van der Waals surface area contributed by atoms with E-state index < -0.39 is 5.97 Å². The Hall–Kier alpha value is -2.95. The Morgan fingerprint density at radius 1 is 1.00 bits per heavy atom. The summed E-state index contributed by atoms with van der Waals surface area (Å²) in [5, 5.41) is 0. The summed E-state index contributed by atoms with van der Waals surface area (Å²) in [5.41, 5.74) is 2.38. The summed E-state index contributed by atoms with van der Waals surface area (Å²) in [4.78, 5) is 37.9. The summed E-state index contributed by atoms with van der Waals surface area (Å²) in [6, 6.07) is 7.34. The first kappa shape index (κ1) is 16.9. The van der Waals surface area contributed by atoms with Crippen molar-refractivity contribution in [2.45, 2.75) is 27.7 Å². The molecule has 2 aromatic rings. The Kier molecular flexibility index (Phi) is 4.17. The lowest BCUT2D eigenvalue weighted by atomic mass is 9.84. The van der Waals surface area contributed by atoms with Gasteiger partial charge < -0.3 is 9.15 Å². The molecule has 0 spiro atoms. The molecular weight excluding hydrogens is 320 g/mol. The van der Waals surface area contributed by atoms with Gasteiger partial charge >= 0.3 is 5.97 Å². The van der Waals surface area contributed by atoms with Crippen LogP contribution in [0.4, 0.5) is 0 Å². The Balaban J connectivity index is 2.34. The molecule has 0 saturated carbocycles. The van der Waals surface area contributed by atoms with Crippen molar-refractivity contribution in [3.63, 3.8) is 0 Å². The Morgan fingerprint density at radius 2 is 1.60 bits per heavy atom. The largest absolute Gasteiger partial charge is 0.460 e. The van der Waals surface area contributed by atoms with E-state index in [1.54, 1.807) is 26.8 Å². The van der Waals surface area contributed by atoms with E-state index in [2.05, 4.69) is 0 Å². The molecule has 1 heterocycles. The molecule has 1 aromatic carbocycles. The van der Waals surface area contributed by atoms with Crippen molar-refractivity contribution in [2.24, 2.45) is 0 Å². The van der Waals surface area contributed by atoms with Crippen LogP contribution < -0.4 is 0 Å². The van der Waals surface area contributed by atoms with E-state index in [9.17, 15) is 14.4 Å². The van der Waals surface area contributed by atoms with E-state index in [4.69, 9.17) is 9.15 Å². The van der Waals surface area contributed by atoms with Gasteiger partial charge in [-0.05, 0) is 33.3 Å². The van der Waals surface area contributed by atoms with E-state index in [1.807, 2.05) is 25.1 Å². The number of fused-ring (bicyclic) bond motifs is 1. The average molecular weight is 338 g/mol. The van der Waals surface area contributed by atoms with E-state index in [-0.39, 0.29) is 40.8 Å². The van der Waals surface area contributed by atoms with Gasteiger partial charge in [-0.15, -0.1) is 0 Å². The number of carbonyl (C=O) groups excluding carboxylic acids is 3. The molecule has 0 aliphatic heterocycles. The van der Waals surface area contributed by atoms with Gasteiger partial charge in [-0.3, -0.25) is 9.59 Å². The zero-order valence-corrected chi connectivity index (χ0v) is 14.6. The first-order valence-electron chi connectivity index (χ1n) is 8.05. The van der Waals surface area contributed by atoms with Crippen molar-refractivity contribution in [3.05, 3.63) is 57.9 Å². The van der Waals surface area contributed by atoms with Crippen LogP contribution in [0.5, 0.6) is 0 Å². The SMILES string of the molecule is CCOC(=O)c1oc(-c2ccccc2C)c2c1C(=O)C(C)=C(C)C2=O. The van der Waals surface area contributed by atoms with Crippen LogP contribution in [0.15, 0.2) is 39.8 Å². The van der Waals surface area contributed by atoms with Crippen LogP contribution in [-0.2, 0) is 4.74 Å². The van der Waals surface area contributed by atoms with Crippen LogP contribution in [0.3, 0.4) is 0 Å². The quantitative estimate of drug-likeness (QED) is 0.786. The van der Waals surface area contributed by atoms with Crippen molar-refractivity contribution in [1.29, 1.82) is 0 Å². The number of hydrogen-bond acceptors (Lipinski definition) is 5. The summed E-state index contributed by atoms with van der Waals surface area (Å²) in [6.07, 6.45) is 0. The summed E-state index contributed by atoms with van der Waals surface area (Å²) >= 11 is 0. The summed E-state index contributed by atoms with van der Waals surface area (Å²) < 4.78 is 10.8. The number of ether oxygens (including phenoxy) is 1. The molecule has 1 aliphatic carbocycles. The minimum atomic E-state index is -0.743. The molecule has 0 atom stereocenters. The maximum Gasteiger partial charge on any atom is 0.375 e. The number of hydrogen-bond donors (Lipinski definition) is 0. The molecule has 5 heteroatoms. The fourth-order valence-electron chi connectivity index (χ4n) is 2.94. The summed E-state index contributed by atoms with van der Waals surface area (Å²) in [7, 11) is 0. The second kappa shape index (κ2) is 6.16.